The fourth-order valence-corrected chi connectivity index (χ4v) is 1.42. The van der Waals surface area contributed by atoms with Crippen molar-refractivity contribution >= 4 is 5.97 Å². The number of ether oxygens (including phenoxy) is 3. The van der Waals surface area contributed by atoms with Gasteiger partial charge < -0.3 is 25.1 Å². The summed E-state index contributed by atoms with van der Waals surface area (Å²) < 4.78 is 15.7. The molecule has 1 atom stereocenters. The summed E-state index contributed by atoms with van der Waals surface area (Å²) in [5, 5.41) is 9.09. The second-order valence-corrected chi connectivity index (χ2v) is 5.35. The molecular formula is C13H27NO5. The Labute approximate surface area is 115 Å². The molecule has 0 aliphatic heterocycles. The maximum absolute atomic E-state index is 11.1. The molecule has 0 aromatic rings. The van der Waals surface area contributed by atoms with Crippen LogP contribution in [0.3, 0.4) is 0 Å². The van der Waals surface area contributed by atoms with Gasteiger partial charge in [0.15, 0.2) is 0 Å². The van der Waals surface area contributed by atoms with Gasteiger partial charge in [0.2, 0.25) is 0 Å². The van der Waals surface area contributed by atoms with Gasteiger partial charge in [0, 0.05) is 6.54 Å². The van der Waals surface area contributed by atoms with Crippen LogP contribution in [0.25, 0.3) is 0 Å². The van der Waals surface area contributed by atoms with Crippen LogP contribution in [-0.4, -0.2) is 57.3 Å². The van der Waals surface area contributed by atoms with Crippen LogP contribution in [0.5, 0.6) is 0 Å². The van der Waals surface area contributed by atoms with E-state index in [1.807, 2.05) is 20.8 Å². The number of nitrogens with two attached hydrogens (primary N) is 1. The van der Waals surface area contributed by atoms with E-state index >= 15 is 0 Å². The van der Waals surface area contributed by atoms with E-state index in [4.69, 9.17) is 25.1 Å². The Morgan fingerprint density at radius 3 is 1.95 bits per heavy atom. The van der Waals surface area contributed by atoms with E-state index in [9.17, 15) is 4.79 Å². The van der Waals surface area contributed by atoms with E-state index in [2.05, 4.69) is 0 Å². The summed E-state index contributed by atoms with van der Waals surface area (Å²) in [6, 6.07) is 0. The Hall–Kier alpha value is -0.690. The number of carboxylic acid groups (broad SMARTS) is 1. The van der Waals surface area contributed by atoms with Gasteiger partial charge in [0.1, 0.15) is 0 Å². The number of aliphatic carboxylic acids is 1. The summed E-state index contributed by atoms with van der Waals surface area (Å²) in [5.41, 5.74) is 4.95. The standard InChI is InChI=1S/C13H27NO5/c1-13(2,3)11(12(15)16)10-19-9-8-18-7-6-17-5-4-14/h11H,4-10,14H2,1-3H3,(H,15,16). The molecule has 6 heteroatoms. The topological polar surface area (TPSA) is 91.0 Å². The Balaban J connectivity index is 3.54. The Kier molecular flexibility index (Phi) is 9.77. The van der Waals surface area contributed by atoms with Gasteiger partial charge >= 0.3 is 5.97 Å². The highest BCUT2D eigenvalue weighted by atomic mass is 16.5. The molecule has 0 spiro atoms. The lowest BCUT2D eigenvalue weighted by Crippen LogP contribution is -2.32. The highest BCUT2D eigenvalue weighted by Gasteiger charge is 2.31. The first-order valence-electron chi connectivity index (χ1n) is 6.55. The van der Waals surface area contributed by atoms with Crippen molar-refractivity contribution in [1.29, 1.82) is 0 Å². The van der Waals surface area contributed by atoms with Crippen molar-refractivity contribution in [1.82, 2.24) is 0 Å². The van der Waals surface area contributed by atoms with Gasteiger partial charge in [-0.05, 0) is 5.41 Å². The van der Waals surface area contributed by atoms with Crippen molar-refractivity contribution in [2.24, 2.45) is 17.1 Å². The SMILES string of the molecule is CC(C)(C)C(COCCOCCOCCN)C(=O)O. The van der Waals surface area contributed by atoms with Crippen molar-refractivity contribution in [2.45, 2.75) is 20.8 Å². The van der Waals surface area contributed by atoms with Crippen LogP contribution in [0.1, 0.15) is 20.8 Å². The molecule has 0 aliphatic rings. The maximum Gasteiger partial charge on any atom is 0.309 e. The van der Waals surface area contributed by atoms with Crippen molar-refractivity contribution in [3.63, 3.8) is 0 Å². The average molecular weight is 277 g/mol. The predicted octanol–water partition coefficient (Wildman–Crippen LogP) is 0.742. The van der Waals surface area contributed by atoms with Crippen LogP contribution >= 0.6 is 0 Å². The minimum absolute atomic E-state index is 0.200. The van der Waals surface area contributed by atoms with E-state index in [0.717, 1.165) is 0 Å². The lowest BCUT2D eigenvalue weighted by molar-refractivity contribution is -0.148. The minimum Gasteiger partial charge on any atom is -0.481 e. The molecule has 19 heavy (non-hydrogen) atoms. The zero-order valence-corrected chi connectivity index (χ0v) is 12.2. The number of hydrogen-bond donors (Lipinski definition) is 2. The number of rotatable bonds is 11. The third-order valence-corrected chi connectivity index (χ3v) is 2.63. The summed E-state index contributed by atoms with van der Waals surface area (Å²) in [6.45, 7) is 8.73. The molecule has 0 fully saturated rings. The molecule has 0 saturated carbocycles. The molecule has 0 rings (SSSR count). The van der Waals surface area contributed by atoms with Crippen LogP contribution < -0.4 is 5.73 Å². The Bertz CT molecular complexity index is 240. The molecule has 6 nitrogen and oxygen atoms in total. The summed E-state index contributed by atoms with van der Waals surface area (Å²) in [5.74, 6) is -1.34. The monoisotopic (exact) mass is 277 g/mol. The van der Waals surface area contributed by atoms with E-state index in [0.29, 0.717) is 39.6 Å². The first-order chi connectivity index (χ1) is 8.89. The van der Waals surface area contributed by atoms with E-state index in [-0.39, 0.29) is 12.0 Å². The third kappa shape index (κ3) is 9.84. The van der Waals surface area contributed by atoms with Gasteiger partial charge in [-0.3, -0.25) is 4.79 Å². The summed E-state index contributed by atoms with van der Waals surface area (Å²) in [6.07, 6.45) is 0. The quantitative estimate of drug-likeness (QED) is 0.541. The molecule has 0 radical (unpaired) electrons. The van der Waals surface area contributed by atoms with E-state index in [1.165, 1.54) is 0 Å². The summed E-state index contributed by atoms with van der Waals surface area (Å²) in [4.78, 5) is 11.1. The second kappa shape index (κ2) is 10.1. The number of carboxylic acids is 1. The molecular weight excluding hydrogens is 250 g/mol. The molecule has 0 amide bonds. The zero-order chi connectivity index (χ0) is 14.7. The van der Waals surface area contributed by atoms with Crippen LogP contribution in [0.2, 0.25) is 0 Å². The second-order valence-electron chi connectivity index (χ2n) is 5.35. The van der Waals surface area contributed by atoms with Crippen LogP contribution in [0.15, 0.2) is 0 Å². The van der Waals surface area contributed by atoms with Gasteiger partial charge in [0.25, 0.3) is 0 Å². The minimum atomic E-state index is -0.830. The first-order valence-corrected chi connectivity index (χ1v) is 6.55. The smallest absolute Gasteiger partial charge is 0.309 e. The molecule has 0 aliphatic carbocycles. The summed E-state index contributed by atoms with van der Waals surface area (Å²) in [7, 11) is 0. The van der Waals surface area contributed by atoms with Crippen molar-refractivity contribution in [2.75, 3.05) is 46.2 Å². The first kappa shape index (κ1) is 18.3. The maximum atomic E-state index is 11.1. The van der Waals surface area contributed by atoms with Gasteiger partial charge in [-0.15, -0.1) is 0 Å². The lowest BCUT2D eigenvalue weighted by Gasteiger charge is -2.26. The van der Waals surface area contributed by atoms with Gasteiger partial charge in [0.05, 0.1) is 45.6 Å². The largest absolute Gasteiger partial charge is 0.481 e. The highest BCUT2D eigenvalue weighted by Crippen LogP contribution is 2.26. The van der Waals surface area contributed by atoms with Crippen LogP contribution in [0.4, 0.5) is 0 Å². The van der Waals surface area contributed by atoms with Gasteiger partial charge in [-0.2, -0.15) is 0 Å². The molecule has 1 unspecified atom stereocenters. The summed E-state index contributed by atoms with van der Waals surface area (Å²) >= 11 is 0. The molecule has 0 aromatic carbocycles. The zero-order valence-electron chi connectivity index (χ0n) is 12.2. The highest BCUT2D eigenvalue weighted by molar-refractivity contribution is 5.71. The van der Waals surface area contributed by atoms with Crippen LogP contribution in [0, 0.1) is 11.3 Å². The van der Waals surface area contributed by atoms with Crippen molar-refractivity contribution in [3.05, 3.63) is 0 Å². The van der Waals surface area contributed by atoms with Crippen molar-refractivity contribution < 1.29 is 24.1 Å². The fraction of sp³-hybridized carbons (Fsp3) is 0.923. The Morgan fingerprint density at radius 2 is 1.53 bits per heavy atom. The normalized spacial score (nSPS) is 13.5. The third-order valence-electron chi connectivity index (χ3n) is 2.63. The Morgan fingerprint density at radius 1 is 1.05 bits per heavy atom. The van der Waals surface area contributed by atoms with E-state index in [1.54, 1.807) is 0 Å². The van der Waals surface area contributed by atoms with E-state index < -0.39 is 11.9 Å². The van der Waals surface area contributed by atoms with Crippen molar-refractivity contribution in [3.8, 4) is 0 Å². The van der Waals surface area contributed by atoms with Gasteiger partial charge in [-0.1, -0.05) is 20.8 Å². The molecule has 0 aromatic heterocycles. The van der Waals surface area contributed by atoms with Crippen LogP contribution in [-0.2, 0) is 19.0 Å². The molecule has 3 N–H and O–H groups in total. The molecule has 114 valence electrons. The molecule has 0 saturated heterocycles. The predicted molar refractivity (Wildman–Crippen MR) is 72.1 cm³/mol. The lowest BCUT2D eigenvalue weighted by atomic mass is 9.81. The average Bonchev–Trinajstić information content (AvgIpc) is 2.29. The van der Waals surface area contributed by atoms with Gasteiger partial charge in [-0.25, -0.2) is 0 Å². The molecule has 0 heterocycles. The number of hydrogen-bond acceptors (Lipinski definition) is 5. The fourth-order valence-electron chi connectivity index (χ4n) is 1.42. The molecule has 0 bridgehead atoms. The number of carbonyl (C=O) groups is 1.